The Morgan fingerprint density at radius 3 is 1.87 bits per heavy atom. The van der Waals surface area contributed by atoms with Gasteiger partial charge in [-0.05, 0) is 24.0 Å². The van der Waals surface area contributed by atoms with E-state index in [0.29, 0.717) is 24.1 Å². The molecule has 2 rings (SSSR count). The van der Waals surface area contributed by atoms with Crippen LogP contribution in [0.4, 0.5) is 13.2 Å². The summed E-state index contributed by atoms with van der Waals surface area (Å²) in [4.78, 5) is 0. The molecule has 0 aliphatic heterocycles. The van der Waals surface area contributed by atoms with Crippen LogP contribution in [0.2, 0.25) is 0 Å². The number of benzene rings is 2. The molecule has 2 aromatic rings. The molecule has 0 heterocycles. The first kappa shape index (κ1) is 25.4. The van der Waals surface area contributed by atoms with Gasteiger partial charge in [-0.2, -0.15) is 0 Å². The number of unbranched alkanes of at least 4 members (excludes halogenated alkanes) is 5. The van der Waals surface area contributed by atoms with Crippen molar-refractivity contribution in [2.45, 2.75) is 76.9 Å². The summed E-state index contributed by atoms with van der Waals surface area (Å²) in [6.45, 7) is 4.23. The van der Waals surface area contributed by atoms with Gasteiger partial charge in [-0.3, -0.25) is 0 Å². The summed E-state index contributed by atoms with van der Waals surface area (Å²) in [6, 6.07) is 8.48. The molecule has 0 aromatic heterocycles. The Bertz CT molecular complexity index is 770. The second kappa shape index (κ2) is 12.3. The molecule has 172 valence electrons. The van der Waals surface area contributed by atoms with Crippen LogP contribution in [-0.4, -0.2) is 20.0 Å². The Balaban J connectivity index is 2.27. The van der Waals surface area contributed by atoms with Gasteiger partial charge >= 0.3 is 0 Å². The fraction of sp³-hybridized carbons (Fsp3) is 0.538. The van der Waals surface area contributed by atoms with Gasteiger partial charge in [0.2, 0.25) is 0 Å². The average Bonchev–Trinajstić information content (AvgIpc) is 2.76. The maximum Gasteiger partial charge on any atom is 0.174 e. The molecule has 0 amide bonds. The van der Waals surface area contributed by atoms with Crippen LogP contribution in [-0.2, 0) is 9.47 Å². The van der Waals surface area contributed by atoms with Crippen molar-refractivity contribution in [2.24, 2.45) is 0 Å². The first-order valence-electron chi connectivity index (χ1n) is 11.3. The maximum absolute atomic E-state index is 14.2. The topological polar surface area (TPSA) is 18.5 Å². The van der Waals surface area contributed by atoms with E-state index in [1.165, 1.54) is 25.7 Å². The van der Waals surface area contributed by atoms with Gasteiger partial charge in [0, 0.05) is 32.3 Å². The second-order valence-corrected chi connectivity index (χ2v) is 8.05. The summed E-state index contributed by atoms with van der Waals surface area (Å²) < 4.78 is 53.3. The third-order valence-electron chi connectivity index (χ3n) is 6.17. The molecule has 1 atom stereocenters. The van der Waals surface area contributed by atoms with Gasteiger partial charge in [-0.1, -0.05) is 76.6 Å². The van der Waals surface area contributed by atoms with Crippen LogP contribution >= 0.6 is 0 Å². The Kier molecular flexibility index (Phi) is 10.0. The lowest BCUT2D eigenvalue weighted by Gasteiger charge is -2.38. The molecule has 0 saturated heterocycles. The highest BCUT2D eigenvalue weighted by Crippen LogP contribution is 2.39. The number of halogens is 3. The smallest absolute Gasteiger partial charge is 0.174 e. The molecule has 2 nitrogen and oxygen atoms in total. The molecule has 2 aromatic carbocycles. The molecule has 0 aliphatic rings. The van der Waals surface area contributed by atoms with Crippen LogP contribution in [0, 0.1) is 17.5 Å². The maximum atomic E-state index is 14.2. The predicted octanol–water partition coefficient (Wildman–Crippen LogP) is 8.00. The summed E-state index contributed by atoms with van der Waals surface area (Å²) in [5.41, 5.74) is 1.14. The average molecular weight is 437 g/mol. The van der Waals surface area contributed by atoms with Gasteiger partial charge in [0.15, 0.2) is 5.79 Å². The fourth-order valence-electron chi connectivity index (χ4n) is 4.37. The minimum absolute atomic E-state index is 0.0179. The van der Waals surface area contributed by atoms with Crippen molar-refractivity contribution in [3.05, 3.63) is 59.4 Å². The number of hydrogen-bond acceptors (Lipinski definition) is 2. The number of rotatable bonds is 13. The lowest BCUT2D eigenvalue weighted by Crippen LogP contribution is -2.40. The predicted molar refractivity (Wildman–Crippen MR) is 120 cm³/mol. The number of ether oxygens (including phenoxy) is 2. The number of methoxy groups -OCH3 is 2. The molecule has 0 radical (unpaired) electrons. The zero-order chi connectivity index (χ0) is 22.9. The van der Waals surface area contributed by atoms with E-state index in [1.54, 1.807) is 26.4 Å². The van der Waals surface area contributed by atoms with E-state index in [4.69, 9.17) is 9.47 Å². The van der Waals surface area contributed by atoms with Crippen LogP contribution in [0.3, 0.4) is 0 Å². The molecule has 0 aliphatic carbocycles. The quantitative estimate of drug-likeness (QED) is 0.234. The van der Waals surface area contributed by atoms with Crippen molar-refractivity contribution in [1.82, 2.24) is 0 Å². The second-order valence-electron chi connectivity index (χ2n) is 8.05. The van der Waals surface area contributed by atoms with Gasteiger partial charge in [-0.25, -0.2) is 13.2 Å². The van der Waals surface area contributed by atoms with Crippen molar-refractivity contribution in [2.75, 3.05) is 14.2 Å². The minimum atomic E-state index is -0.928. The first-order chi connectivity index (χ1) is 14.9. The fourth-order valence-corrected chi connectivity index (χ4v) is 4.37. The van der Waals surface area contributed by atoms with Gasteiger partial charge in [0.1, 0.15) is 17.5 Å². The highest BCUT2D eigenvalue weighted by atomic mass is 19.1. The monoisotopic (exact) mass is 436 g/mol. The normalized spacial score (nSPS) is 12.9. The van der Waals surface area contributed by atoms with Crippen LogP contribution in [0.25, 0.3) is 11.1 Å². The Morgan fingerprint density at radius 2 is 1.35 bits per heavy atom. The molecule has 0 fully saturated rings. The van der Waals surface area contributed by atoms with Crippen molar-refractivity contribution < 1.29 is 22.6 Å². The zero-order valence-corrected chi connectivity index (χ0v) is 19.1. The van der Waals surface area contributed by atoms with Crippen LogP contribution in [0.5, 0.6) is 0 Å². The van der Waals surface area contributed by atoms with E-state index in [-0.39, 0.29) is 11.5 Å². The van der Waals surface area contributed by atoms with Crippen molar-refractivity contribution in [1.29, 1.82) is 0 Å². The molecule has 0 saturated carbocycles. The van der Waals surface area contributed by atoms with Crippen LogP contribution in [0.1, 0.15) is 76.7 Å². The summed E-state index contributed by atoms with van der Waals surface area (Å²) in [7, 11) is 3.30. The molecule has 0 spiro atoms. The Hall–Kier alpha value is -1.85. The Labute approximate surface area is 184 Å². The minimum Gasteiger partial charge on any atom is -0.353 e. The summed E-state index contributed by atoms with van der Waals surface area (Å²) in [5.74, 6) is -3.54. The molecule has 5 heteroatoms. The standard InChI is InChI=1S/C26H35F3O2/c1-5-7-8-9-10-11-12-22(26(6-2,30-3)31-4)19-13-15-20(16-14-19)25-23(28)17-21(27)18-24(25)29/h13-18,22H,5-12H2,1-4H3. The number of hydrogen-bond donors (Lipinski definition) is 0. The van der Waals surface area contributed by atoms with Gasteiger partial charge in [-0.15, -0.1) is 0 Å². The van der Waals surface area contributed by atoms with E-state index in [0.717, 1.165) is 24.8 Å². The molecule has 0 N–H and O–H groups in total. The van der Waals surface area contributed by atoms with Crippen LogP contribution in [0.15, 0.2) is 36.4 Å². The summed E-state index contributed by atoms with van der Waals surface area (Å²) in [5, 5.41) is 0. The third kappa shape index (κ3) is 6.33. The van der Waals surface area contributed by atoms with E-state index >= 15 is 0 Å². The molecular weight excluding hydrogens is 401 g/mol. The molecule has 0 bridgehead atoms. The van der Waals surface area contributed by atoms with E-state index < -0.39 is 23.2 Å². The lowest BCUT2D eigenvalue weighted by atomic mass is 9.83. The SMILES string of the molecule is CCCCCCCCC(c1ccc(-c2c(F)cc(F)cc2F)cc1)C(CC)(OC)OC. The molecule has 1 unspecified atom stereocenters. The Morgan fingerprint density at radius 1 is 0.806 bits per heavy atom. The van der Waals surface area contributed by atoms with Crippen molar-refractivity contribution in [3.63, 3.8) is 0 Å². The van der Waals surface area contributed by atoms with Gasteiger partial charge in [0.25, 0.3) is 0 Å². The zero-order valence-electron chi connectivity index (χ0n) is 19.1. The van der Waals surface area contributed by atoms with Crippen molar-refractivity contribution in [3.8, 4) is 11.1 Å². The third-order valence-corrected chi connectivity index (χ3v) is 6.17. The molecular formula is C26H35F3O2. The highest BCUT2D eigenvalue weighted by molar-refractivity contribution is 5.65. The largest absolute Gasteiger partial charge is 0.353 e. The lowest BCUT2D eigenvalue weighted by molar-refractivity contribution is -0.225. The first-order valence-corrected chi connectivity index (χ1v) is 11.3. The highest BCUT2D eigenvalue weighted by Gasteiger charge is 2.38. The van der Waals surface area contributed by atoms with Crippen molar-refractivity contribution >= 4 is 0 Å². The summed E-state index contributed by atoms with van der Waals surface area (Å²) >= 11 is 0. The van der Waals surface area contributed by atoms with E-state index in [2.05, 4.69) is 6.92 Å². The van der Waals surface area contributed by atoms with Gasteiger partial charge < -0.3 is 9.47 Å². The van der Waals surface area contributed by atoms with E-state index in [1.807, 2.05) is 19.1 Å². The summed E-state index contributed by atoms with van der Waals surface area (Å²) in [6.07, 6.45) is 8.69. The van der Waals surface area contributed by atoms with Gasteiger partial charge in [0.05, 0.1) is 5.56 Å². The van der Waals surface area contributed by atoms with E-state index in [9.17, 15) is 13.2 Å². The molecule has 31 heavy (non-hydrogen) atoms. The van der Waals surface area contributed by atoms with Crippen LogP contribution < -0.4 is 0 Å².